The van der Waals surface area contributed by atoms with Crippen molar-refractivity contribution in [3.63, 3.8) is 0 Å². The van der Waals surface area contributed by atoms with Gasteiger partial charge >= 0.3 is 12.4 Å². The summed E-state index contributed by atoms with van der Waals surface area (Å²) in [5, 5.41) is 2.27. The fraction of sp³-hybridized carbons (Fsp3) is 1.00. The fourth-order valence-electron chi connectivity index (χ4n) is 1.54. The van der Waals surface area contributed by atoms with Gasteiger partial charge in [0.05, 0.1) is 18.8 Å². The summed E-state index contributed by atoms with van der Waals surface area (Å²) >= 11 is 0. The van der Waals surface area contributed by atoms with E-state index in [1.54, 1.807) is 20.8 Å². The summed E-state index contributed by atoms with van der Waals surface area (Å²) in [4.78, 5) is 0. The molecule has 0 heterocycles. The number of alkyl halides is 6. The van der Waals surface area contributed by atoms with Crippen molar-refractivity contribution in [2.24, 2.45) is 5.92 Å². The summed E-state index contributed by atoms with van der Waals surface area (Å²) in [6.45, 7) is 4.18. The molecule has 0 saturated heterocycles. The van der Waals surface area contributed by atoms with Crippen LogP contribution in [0, 0.1) is 5.92 Å². The minimum atomic E-state index is -5.36. The molecule has 0 bridgehead atoms. The SMILES string of the molecule is CCCNC(COC(C)C)C(C(F)(F)F)C(F)(F)F. The van der Waals surface area contributed by atoms with Crippen LogP contribution >= 0.6 is 0 Å². The van der Waals surface area contributed by atoms with Crippen LogP contribution in [0.15, 0.2) is 0 Å². The van der Waals surface area contributed by atoms with Crippen molar-refractivity contribution < 1.29 is 31.1 Å². The molecule has 0 aliphatic rings. The first kappa shape index (κ1) is 18.5. The number of nitrogens with one attached hydrogen (secondary N) is 1. The van der Waals surface area contributed by atoms with Crippen LogP contribution in [-0.4, -0.2) is 37.7 Å². The first-order valence-electron chi connectivity index (χ1n) is 5.98. The van der Waals surface area contributed by atoms with Gasteiger partial charge in [0, 0.05) is 0 Å². The highest BCUT2D eigenvalue weighted by Crippen LogP contribution is 2.41. The Morgan fingerprint density at radius 1 is 1.00 bits per heavy atom. The molecule has 0 aliphatic heterocycles. The Morgan fingerprint density at radius 2 is 1.47 bits per heavy atom. The molecular formula is C11H19F6NO. The van der Waals surface area contributed by atoms with Crippen LogP contribution in [0.4, 0.5) is 26.3 Å². The molecule has 1 N–H and O–H groups in total. The van der Waals surface area contributed by atoms with Gasteiger partial charge in [-0.05, 0) is 26.8 Å². The minimum Gasteiger partial charge on any atom is -0.377 e. The smallest absolute Gasteiger partial charge is 0.377 e. The van der Waals surface area contributed by atoms with Crippen LogP contribution in [0.5, 0.6) is 0 Å². The number of ether oxygens (including phenoxy) is 1. The maximum Gasteiger partial charge on any atom is 0.402 e. The zero-order chi connectivity index (χ0) is 15.3. The summed E-state index contributed by atoms with van der Waals surface area (Å²) < 4.78 is 80.5. The van der Waals surface area contributed by atoms with Gasteiger partial charge in [0.25, 0.3) is 0 Å². The van der Waals surface area contributed by atoms with Crippen LogP contribution < -0.4 is 5.32 Å². The Hall–Kier alpha value is -0.500. The first-order chi connectivity index (χ1) is 8.50. The van der Waals surface area contributed by atoms with Crippen molar-refractivity contribution in [1.29, 1.82) is 0 Å². The third-order valence-corrected chi connectivity index (χ3v) is 2.37. The second-order valence-corrected chi connectivity index (χ2v) is 4.50. The lowest BCUT2D eigenvalue weighted by Gasteiger charge is -2.31. The third kappa shape index (κ3) is 7.00. The van der Waals surface area contributed by atoms with Gasteiger partial charge in [-0.1, -0.05) is 6.92 Å². The lowest BCUT2D eigenvalue weighted by molar-refractivity contribution is -0.294. The van der Waals surface area contributed by atoms with Gasteiger partial charge in [0.15, 0.2) is 5.92 Å². The quantitative estimate of drug-likeness (QED) is 0.726. The molecule has 0 radical (unpaired) electrons. The van der Waals surface area contributed by atoms with Crippen LogP contribution in [0.2, 0.25) is 0 Å². The maximum absolute atomic E-state index is 12.6. The topological polar surface area (TPSA) is 21.3 Å². The summed E-state index contributed by atoms with van der Waals surface area (Å²) in [6.07, 6.45) is -10.7. The predicted octanol–water partition coefficient (Wildman–Crippen LogP) is 3.52. The molecular weight excluding hydrogens is 276 g/mol. The molecule has 0 saturated carbocycles. The van der Waals surface area contributed by atoms with Crippen molar-refractivity contribution >= 4 is 0 Å². The minimum absolute atomic E-state index is 0.0643. The van der Waals surface area contributed by atoms with Crippen molar-refractivity contribution in [2.45, 2.75) is 51.7 Å². The Bertz CT molecular complexity index is 237. The van der Waals surface area contributed by atoms with Gasteiger partial charge in [0.2, 0.25) is 0 Å². The van der Waals surface area contributed by atoms with Gasteiger partial charge in [-0.2, -0.15) is 26.3 Å². The van der Waals surface area contributed by atoms with Crippen molar-refractivity contribution in [3.05, 3.63) is 0 Å². The van der Waals surface area contributed by atoms with Crippen molar-refractivity contribution in [3.8, 4) is 0 Å². The Labute approximate surface area is 108 Å². The molecule has 1 unspecified atom stereocenters. The average molecular weight is 295 g/mol. The largest absolute Gasteiger partial charge is 0.402 e. The number of hydrogen-bond acceptors (Lipinski definition) is 2. The normalized spacial score (nSPS) is 15.3. The third-order valence-electron chi connectivity index (χ3n) is 2.37. The summed E-state index contributed by atoms with van der Waals surface area (Å²) in [6, 6.07) is -1.83. The summed E-state index contributed by atoms with van der Waals surface area (Å²) in [5.41, 5.74) is 0. The zero-order valence-electron chi connectivity index (χ0n) is 11.0. The Morgan fingerprint density at radius 3 is 1.79 bits per heavy atom. The molecule has 0 aromatic heterocycles. The van der Waals surface area contributed by atoms with E-state index >= 15 is 0 Å². The van der Waals surface area contributed by atoms with Crippen LogP contribution in [-0.2, 0) is 4.74 Å². The van der Waals surface area contributed by atoms with Gasteiger partial charge in [0.1, 0.15) is 0 Å². The summed E-state index contributed by atoms with van der Waals surface area (Å²) in [5.74, 6) is -3.43. The molecule has 2 nitrogen and oxygen atoms in total. The molecule has 0 rings (SSSR count). The van der Waals surface area contributed by atoms with E-state index in [1.807, 2.05) is 0 Å². The Kier molecular flexibility index (Phi) is 7.13. The fourth-order valence-corrected chi connectivity index (χ4v) is 1.54. The van der Waals surface area contributed by atoms with E-state index in [0.29, 0.717) is 6.42 Å². The van der Waals surface area contributed by atoms with E-state index in [-0.39, 0.29) is 6.54 Å². The molecule has 8 heteroatoms. The summed E-state index contributed by atoms with van der Waals surface area (Å²) in [7, 11) is 0. The highest BCUT2D eigenvalue weighted by molar-refractivity contribution is 4.87. The molecule has 0 aromatic rings. The van der Waals surface area contributed by atoms with Crippen molar-refractivity contribution in [2.75, 3.05) is 13.2 Å². The van der Waals surface area contributed by atoms with Gasteiger partial charge in [-0.15, -0.1) is 0 Å². The molecule has 0 aliphatic carbocycles. The zero-order valence-corrected chi connectivity index (χ0v) is 11.0. The van der Waals surface area contributed by atoms with E-state index < -0.39 is 37.0 Å². The van der Waals surface area contributed by atoms with E-state index in [4.69, 9.17) is 4.74 Å². The second kappa shape index (κ2) is 7.33. The molecule has 0 spiro atoms. The highest BCUT2D eigenvalue weighted by Gasteiger charge is 2.60. The average Bonchev–Trinajstić information content (AvgIpc) is 2.17. The predicted molar refractivity (Wildman–Crippen MR) is 58.8 cm³/mol. The Balaban J connectivity index is 5.01. The van der Waals surface area contributed by atoms with E-state index in [2.05, 4.69) is 5.32 Å². The molecule has 116 valence electrons. The van der Waals surface area contributed by atoms with Gasteiger partial charge in [-0.25, -0.2) is 0 Å². The molecule has 19 heavy (non-hydrogen) atoms. The molecule has 0 fully saturated rings. The number of hydrogen-bond donors (Lipinski definition) is 1. The number of rotatable bonds is 7. The van der Waals surface area contributed by atoms with Gasteiger partial charge in [-0.3, -0.25) is 0 Å². The van der Waals surface area contributed by atoms with E-state index in [9.17, 15) is 26.3 Å². The highest BCUT2D eigenvalue weighted by atomic mass is 19.4. The second-order valence-electron chi connectivity index (χ2n) is 4.50. The van der Waals surface area contributed by atoms with Crippen LogP contribution in [0.25, 0.3) is 0 Å². The molecule has 0 amide bonds. The van der Waals surface area contributed by atoms with E-state index in [0.717, 1.165) is 0 Å². The number of halogens is 6. The van der Waals surface area contributed by atoms with Gasteiger partial charge < -0.3 is 10.1 Å². The lowest BCUT2D eigenvalue weighted by atomic mass is 9.98. The van der Waals surface area contributed by atoms with Crippen LogP contribution in [0.1, 0.15) is 27.2 Å². The molecule has 1 atom stereocenters. The van der Waals surface area contributed by atoms with Crippen molar-refractivity contribution in [1.82, 2.24) is 5.32 Å². The van der Waals surface area contributed by atoms with E-state index in [1.165, 1.54) is 0 Å². The van der Waals surface area contributed by atoms with Crippen LogP contribution in [0.3, 0.4) is 0 Å². The molecule has 0 aromatic carbocycles. The monoisotopic (exact) mass is 295 g/mol. The lowest BCUT2D eigenvalue weighted by Crippen LogP contribution is -2.53. The standard InChI is InChI=1S/C11H19F6NO/c1-4-5-18-8(6-19-7(2)3)9(10(12,13)14)11(15,16)17/h7-9,18H,4-6H2,1-3H3. The first-order valence-corrected chi connectivity index (χ1v) is 5.98. The maximum atomic E-state index is 12.6.